The lowest BCUT2D eigenvalue weighted by molar-refractivity contribution is -0.151. The first-order valence-electron chi connectivity index (χ1n) is 7.13. The molecular formula is C14H26N2O3. The summed E-state index contributed by atoms with van der Waals surface area (Å²) in [6.45, 7) is 6.65. The van der Waals surface area contributed by atoms with E-state index >= 15 is 0 Å². The lowest BCUT2D eigenvalue weighted by Crippen LogP contribution is -2.45. The molecule has 1 fully saturated rings. The third kappa shape index (κ3) is 3.26. The third-order valence-corrected chi connectivity index (χ3v) is 4.33. The van der Waals surface area contributed by atoms with Crippen LogP contribution < -0.4 is 5.73 Å². The number of hydrogen-bond acceptors (Lipinski definition) is 3. The van der Waals surface area contributed by atoms with Crippen LogP contribution >= 0.6 is 0 Å². The molecule has 0 radical (unpaired) electrons. The molecule has 110 valence electrons. The molecule has 1 amide bonds. The van der Waals surface area contributed by atoms with E-state index in [1.165, 1.54) is 0 Å². The van der Waals surface area contributed by atoms with Gasteiger partial charge in [0, 0.05) is 13.1 Å². The van der Waals surface area contributed by atoms with Gasteiger partial charge in [0.05, 0.1) is 11.5 Å². The maximum atomic E-state index is 12.2. The quantitative estimate of drug-likeness (QED) is 0.765. The third-order valence-electron chi connectivity index (χ3n) is 4.33. The van der Waals surface area contributed by atoms with Crippen LogP contribution in [0.15, 0.2) is 0 Å². The van der Waals surface area contributed by atoms with Crippen LogP contribution in [0.2, 0.25) is 0 Å². The summed E-state index contributed by atoms with van der Waals surface area (Å²) < 4.78 is 0. The first-order valence-corrected chi connectivity index (χ1v) is 7.13. The molecule has 1 saturated heterocycles. The molecule has 0 aliphatic carbocycles. The summed E-state index contributed by atoms with van der Waals surface area (Å²) in [5, 5.41) is 9.44. The largest absolute Gasteiger partial charge is 0.481 e. The van der Waals surface area contributed by atoms with E-state index in [0.717, 1.165) is 12.8 Å². The second kappa shape index (κ2) is 6.37. The highest BCUT2D eigenvalue weighted by molar-refractivity contribution is 5.84. The fraction of sp³-hybridized carbons (Fsp3) is 0.857. The van der Waals surface area contributed by atoms with Crippen molar-refractivity contribution in [3.8, 4) is 0 Å². The van der Waals surface area contributed by atoms with Gasteiger partial charge < -0.3 is 15.7 Å². The molecule has 1 rings (SSSR count). The summed E-state index contributed by atoms with van der Waals surface area (Å²) in [6.07, 6.45) is 3.13. The normalized spacial score (nSPS) is 24.8. The Morgan fingerprint density at radius 3 is 2.47 bits per heavy atom. The van der Waals surface area contributed by atoms with Crippen molar-refractivity contribution in [1.29, 1.82) is 0 Å². The second-order valence-electron chi connectivity index (χ2n) is 5.87. The highest BCUT2D eigenvalue weighted by Crippen LogP contribution is 2.38. The fourth-order valence-electron chi connectivity index (χ4n) is 2.70. The van der Waals surface area contributed by atoms with Crippen molar-refractivity contribution in [2.24, 2.45) is 17.1 Å². The van der Waals surface area contributed by atoms with Crippen molar-refractivity contribution in [3.63, 3.8) is 0 Å². The topological polar surface area (TPSA) is 83.6 Å². The number of carboxylic acids is 1. The SMILES string of the molecule is CCCC[C@H](N)C(=O)N1CCC(C(=O)O)(C(C)C)C1. The van der Waals surface area contributed by atoms with Crippen LogP contribution in [0.4, 0.5) is 0 Å². The lowest BCUT2D eigenvalue weighted by Gasteiger charge is -2.29. The monoisotopic (exact) mass is 270 g/mol. The summed E-state index contributed by atoms with van der Waals surface area (Å²) in [6, 6.07) is -0.489. The van der Waals surface area contributed by atoms with Gasteiger partial charge in [-0.3, -0.25) is 9.59 Å². The van der Waals surface area contributed by atoms with Crippen LogP contribution in [0.1, 0.15) is 46.5 Å². The van der Waals surface area contributed by atoms with Crippen LogP contribution in [0.3, 0.4) is 0 Å². The van der Waals surface area contributed by atoms with E-state index in [-0.39, 0.29) is 11.8 Å². The standard InChI is InChI=1S/C14H26N2O3/c1-4-5-6-11(15)12(17)16-8-7-14(9-16,10(2)3)13(18)19/h10-11H,4-9,15H2,1-3H3,(H,18,19)/t11-,14?/m0/s1. The molecule has 5 heteroatoms. The Kier molecular flexibility index (Phi) is 5.35. The highest BCUT2D eigenvalue weighted by Gasteiger charge is 2.48. The Balaban J connectivity index is 2.69. The Morgan fingerprint density at radius 2 is 2.05 bits per heavy atom. The average molecular weight is 270 g/mol. The van der Waals surface area contributed by atoms with Gasteiger partial charge in [0.1, 0.15) is 0 Å². The molecule has 5 nitrogen and oxygen atoms in total. The number of amides is 1. The zero-order valence-corrected chi connectivity index (χ0v) is 12.2. The van der Waals surface area contributed by atoms with Crippen molar-refractivity contribution < 1.29 is 14.7 Å². The van der Waals surface area contributed by atoms with E-state index in [4.69, 9.17) is 5.73 Å². The molecule has 1 heterocycles. The molecular weight excluding hydrogens is 244 g/mol. The minimum Gasteiger partial charge on any atom is -0.481 e. The number of nitrogens with two attached hydrogens (primary N) is 1. The van der Waals surface area contributed by atoms with Gasteiger partial charge in [0.25, 0.3) is 0 Å². The van der Waals surface area contributed by atoms with Crippen LogP contribution in [-0.2, 0) is 9.59 Å². The molecule has 0 bridgehead atoms. The van der Waals surface area contributed by atoms with E-state index < -0.39 is 17.4 Å². The Labute approximate surface area is 115 Å². The first-order chi connectivity index (χ1) is 8.85. The first kappa shape index (κ1) is 16.0. The number of likely N-dealkylation sites (tertiary alicyclic amines) is 1. The van der Waals surface area contributed by atoms with Crippen molar-refractivity contribution in [2.75, 3.05) is 13.1 Å². The number of rotatable bonds is 6. The van der Waals surface area contributed by atoms with Gasteiger partial charge in [-0.2, -0.15) is 0 Å². The van der Waals surface area contributed by atoms with Crippen LogP contribution in [0.5, 0.6) is 0 Å². The van der Waals surface area contributed by atoms with Crippen LogP contribution in [-0.4, -0.2) is 41.0 Å². The summed E-state index contributed by atoms with van der Waals surface area (Å²) in [5.74, 6) is -0.896. The summed E-state index contributed by atoms with van der Waals surface area (Å²) >= 11 is 0. The summed E-state index contributed by atoms with van der Waals surface area (Å²) in [7, 11) is 0. The van der Waals surface area contributed by atoms with Gasteiger partial charge in [-0.25, -0.2) is 0 Å². The number of unbranched alkanes of at least 4 members (excludes halogenated alkanes) is 1. The lowest BCUT2D eigenvalue weighted by atomic mass is 9.76. The second-order valence-corrected chi connectivity index (χ2v) is 5.87. The number of hydrogen-bond donors (Lipinski definition) is 2. The number of carboxylic acid groups (broad SMARTS) is 1. The molecule has 1 unspecified atom stereocenters. The van der Waals surface area contributed by atoms with Crippen molar-refractivity contribution in [2.45, 2.75) is 52.5 Å². The van der Waals surface area contributed by atoms with Crippen molar-refractivity contribution >= 4 is 11.9 Å². The Bertz CT molecular complexity index is 344. The molecule has 0 aromatic carbocycles. The van der Waals surface area contributed by atoms with Crippen LogP contribution in [0.25, 0.3) is 0 Å². The zero-order chi connectivity index (χ0) is 14.6. The van der Waals surface area contributed by atoms with Gasteiger partial charge in [0.15, 0.2) is 0 Å². The average Bonchev–Trinajstić information content (AvgIpc) is 2.81. The Hall–Kier alpha value is -1.10. The maximum absolute atomic E-state index is 12.2. The summed E-state index contributed by atoms with van der Waals surface area (Å²) in [4.78, 5) is 25.3. The molecule has 1 aliphatic heterocycles. The van der Waals surface area contributed by atoms with Crippen molar-refractivity contribution in [3.05, 3.63) is 0 Å². The Morgan fingerprint density at radius 1 is 1.42 bits per heavy atom. The zero-order valence-electron chi connectivity index (χ0n) is 12.2. The smallest absolute Gasteiger partial charge is 0.311 e. The predicted molar refractivity (Wildman–Crippen MR) is 73.6 cm³/mol. The molecule has 19 heavy (non-hydrogen) atoms. The van der Waals surface area contributed by atoms with Gasteiger partial charge in [-0.15, -0.1) is 0 Å². The van der Waals surface area contributed by atoms with E-state index in [1.807, 2.05) is 13.8 Å². The van der Waals surface area contributed by atoms with Gasteiger partial charge in [-0.05, 0) is 18.8 Å². The number of nitrogens with zero attached hydrogens (tertiary/aromatic N) is 1. The van der Waals surface area contributed by atoms with E-state index in [9.17, 15) is 14.7 Å². The van der Waals surface area contributed by atoms with Gasteiger partial charge >= 0.3 is 5.97 Å². The minimum atomic E-state index is -0.806. The van der Waals surface area contributed by atoms with E-state index in [2.05, 4.69) is 6.92 Å². The molecule has 0 aromatic heterocycles. The number of carbonyl (C=O) groups is 2. The van der Waals surface area contributed by atoms with Gasteiger partial charge in [-0.1, -0.05) is 33.6 Å². The fourth-order valence-corrected chi connectivity index (χ4v) is 2.70. The molecule has 0 saturated carbocycles. The van der Waals surface area contributed by atoms with Crippen molar-refractivity contribution in [1.82, 2.24) is 4.90 Å². The minimum absolute atomic E-state index is 0.00895. The summed E-state index contributed by atoms with van der Waals surface area (Å²) in [5.41, 5.74) is 5.08. The van der Waals surface area contributed by atoms with Gasteiger partial charge in [0.2, 0.25) is 5.91 Å². The molecule has 1 aliphatic rings. The highest BCUT2D eigenvalue weighted by atomic mass is 16.4. The predicted octanol–water partition coefficient (Wildman–Crippen LogP) is 1.46. The molecule has 0 aromatic rings. The number of aliphatic carboxylic acids is 1. The molecule has 2 atom stereocenters. The number of carbonyl (C=O) groups excluding carboxylic acids is 1. The van der Waals surface area contributed by atoms with E-state index in [1.54, 1.807) is 4.90 Å². The maximum Gasteiger partial charge on any atom is 0.311 e. The van der Waals surface area contributed by atoms with Crippen LogP contribution in [0, 0.1) is 11.3 Å². The molecule has 3 N–H and O–H groups in total. The molecule has 0 spiro atoms. The van der Waals surface area contributed by atoms with E-state index in [0.29, 0.717) is 25.9 Å².